The van der Waals surface area contributed by atoms with Crippen molar-refractivity contribution in [3.05, 3.63) is 53.6 Å². The quantitative estimate of drug-likeness (QED) is 0.865. The lowest BCUT2D eigenvalue weighted by molar-refractivity contribution is 0.520. The summed E-state index contributed by atoms with van der Waals surface area (Å²) >= 11 is 0. The van der Waals surface area contributed by atoms with Gasteiger partial charge in [0, 0.05) is 38.6 Å². The molecule has 0 bridgehead atoms. The van der Waals surface area contributed by atoms with Crippen molar-refractivity contribution >= 4 is 21.4 Å². The van der Waals surface area contributed by atoms with Gasteiger partial charge in [0.25, 0.3) is 0 Å². The molecule has 0 saturated heterocycles. The maximum absolute atomic E-state index is 12.1. The van der Waals surface area contributed by atoms with Gasteiger partial charge in [0.15, 0.2) is 0 Å². The first-order chi connectivity index (χ1) is 11.4. The highest BCUT2D eigenvalue weighted by molar-refractivity contribution is 7.89. The van der Waals surface area contributed by atoms with E-state index in [4.69, 9.17) is 5.73 Å². The monoisotopic (exact) mass is 345 g/mol. The second kappa shape index (κ2) is 6.45. The maximum atomic E-state index is 12.1. The fourth-order valence-electron chi connectivity index (χ4n) is 3.09. The molecule has 0 radical (unpaired) electrons. The van der Waals surface area contributed by atoms with E-state index in [2.05, 4.69) is 11.0 Å². The zero-order valence-electron chi connectivity index (χ0n) is 14.1. The molecular formula is C18H23N3O2S. The fraction of sp³-hybridized carbons (Fsp3) is 0.333. The van der Waals surface area contributed by atoms with Crippen LogP contribution in [0.25, 0.3) is 0 Å². The van der Waals surface area contributed by atoms with Crippen LogP contribution in [0.4, 0.5) is 11.4 Å². The first-order valence-electron chi connectivity index (χ1n) is 8.03. The van der Waals surface area contributed by atoms with Gasteiger partial charge in [-0.2, -0.15) is 0 Å². The molecule has 1 aliphatic heterocycles. The minimum atomic E-state index is -3.38. The summed E-state index contributed by atoms with van der Waals surface area (Å²) in [5.74, 6) is 0. The molecule has 6 heteroatoms. The van der Waals surface area contributed by atoms with Crippen LogP contribution in [-0.2, 0) is 23.0 Å². The summed E-state index contributed by atoms with van der Waals surface area (Å²) in [7, 11) is -0.298. The Morgan fingerprint density at radius 2 is 1.83 bits per heavy atom. The third kappa shape index (κ3) is 3.12. The van der Waals surface area contributed by atoms with E-state index in [-0.39, 0.29) is 0 Å². The van der Waals surface area contributed by atoms with Gasteiger partial charge in [0.05, 0.1) is 4.90 Å². The molecule has 0 atom stereocenters. The van der Waals surface area contributed by atoms with Gasteiger partial charge in [-0.05, 0) is 48.2 Å². The Balaban J connectivity index is 1.83. The fourth-order valence-corrected chi connectivity index (χ4v) is 3.99. The number of nitrogens with two attached hydrogens (primary N) is 1. The normalized spacial score (nSPS) is 14.7. The molecule has 0 unspecified atom stereocenters. The molecule has 1 heterocycles. The van der Waals surface area contributed by atoms with E-state index in [0.29, 0.717) is 4.90 Å². The third-order valence-corrected chi connectivity index (χ3v) is 6.29. The second-order valence-electron chi connectivity index (χ2n) is 6.30. The summed E-state index contributed by atoms with van der Waals surface area (Å²) in [5.41, 5.74) is 10.4. The van der Waals surface area contributed by atoms with Gasteiger partial charge >= 0.3 is 0 Å². The molecule has 0 aromatic heterocycles. The van der Waals surface area contributed by atoms with Gasteiger partial charge in [-0.15, -0.1) is 0 Å². The van der Waals surface area contributed by atoms with Crippen LogP contribution in [0.3, 0.4) is 0 Å². The van der Waals surface area contributed by atoms with Gasteiger partial charge in [-0.3, -0.25) is 0 Å². The number of rotatable bonds is 4. The van der Waals surface area contributed by atoms with E-state index in [9.17, 15) is 8.42 Å². The molecular weight excluding hydrogens is 322 g/mol. The first-order valence-corrected chi connectivity index (χ1v) is 9.47. The van der Waals surface area contributed by atoms with E-state index in [0.717, 1.165) is 37.2 Å². The zero-order chi connectivity index (χ0) is 17.3. The van der Waals surface area contributed by atoms with Gasteiger partial charge in [-0.1, -0.05) is 18.2 Å². The van der Waals surface area contributed by atoms with Crippen LogP contribution in [0.5, 0.6) is 0 Å². The van der Waals surface area contributed by atoms with Crippen LogP contribution in [0, 0.1) is 0 Å². The Bertz CT molecular complexity index is 830. The van der Waals surface area contributed by atoms with E-state index in [1.54, 1.807) is 12.1 Å². The highest BCUT2D eigenvalue weighted by Gasteiger charge is 2.20. The predicted molar refractivity (Wildman–Crippen MR) is 97.5 cm³/mol. The van der Waals surface area contributed by atoms with E-state index < -0.39 is 10.0 Å². The van der Waals surface area contributed by atoms with Crippen LogP contribution < -0.4 is 10.6 Å². The first kappa shape index (κ1) is 16.8. The lowest BCUT2D eigenvalue weighted by atomic mass is 9.99. The largest absolute Gasteiger partial charge is 0.398 e. The number of hydrogen-bond acceptors (Lipinski definition) is 4. The smallest absolute Gasteiger partial charge is 0.242 e. The summed E-state index contributed by atoms with van der Waals surface area (Å²) in [6, 6.07) is 13.2. The number of benzene rings is 2. The number of hydrogen-bond donors (Lipinski definition) is 1. The molecule has 24 heavy (non-hydrogen) atoms. The number of anilines is 2. The van der Waals surface area contributed by atoms with Gasteiger partial charge in [0.1, 0.15) is 0 Å². The molecule has 0 spiro atoms. The molecule has 0 saturated carbocycles. The molecule has 2 N–H and O–H groups in total. The molecule has 1 aliphatic rings. The Hall–Kier alpha value is -2.05. The SMILES string of the molecule is CN(C)S(=O)(=O)c1ccc(CN2CCCc3c(N)cccc32)cc1. The average Bonchev–Trinajstić information content (AvgIpc) is 2.56. The van der Waals surface area contributed by atoms with Crippen molar-refractivity contribution in [2.75, 3.05) is 31.3 Å². The Morgan fingerprint density at radius 3 is 2.50 bits per heavy atom. The van der Waals surface area contributed by atoms with Crippen molar-refractivity contribution in [2.45, 2.75) is 24.3 Å². The van der Waals surface area contributed by atoms with Crippen LogP contribution in [0.1, 0.15) is 17.5 Å². The molecule has 0 fully saturated rings. The topological polar surface area (TPSA) is 66.6 Å². The minimum Gasteiger partial charge on any atom is -0.398 e. The van der Waals surface area contributed by atoms with Crippen LogP contribution in [0.2, 0.25) is 0 Å². The van der Waals surface area contributed by atoms with Crippen molar-refractivity contribution in [3.8, 4) is 0 Å². The van der Waals surface area contributed by atoms with Crippen molar-refractivity contribution in [1.82, 2.24) is 4.31 Å². The summed E-state index contributed by atoms with van der Waals surface area (Å²) in [4.78, 5) is 2.63. The van der Waals surface area contributed by atoms with E-state index in [1.165, 1.54) is 29.7 Å². The highest BCUT2D eigenvalue weighted by Crippen LogP contribution is 2.32. The number of sulfonamides is 1. The molecule has 3 rings (SSSR count). The standard InChI is InChI=1S/C18H23N3O2S/c1-20(2)24(22,23)15-10-8-14(9-11-15)13-21-12-4-5-16-17(19)6-3-7-18(16)21/h3,6-11H,4-5,12-13,19H2,1-2H3. The van der Waals surface area contributed by atoms with Crippen molar-refractivity contribution in [2.24, 2.45) is 0 Å². The summed E-state index contributed by atoms with van der Waals surface area (Å²) < 4.78 is 25.5. The molecule has 0 amide bonds. The Kier molecular flexibility index (Phi) is 4.51. The number of fused-ring (bicyclic) bond motifs is 1. The molecule has 2 aromatic rings. The van der Waals surface area contributed by atoms with Crippen molar-refractivity contribution < 1.29 is 8.42 Å². The lowest BCUT2D eigenvalue weighted by Crippen LogP contribution is -2.29. The van der Waals surface area contributed by atoms with Crippen LogP contribution in [0.15, 0.2) is 47.4 Å². The van der Waals surface area contributed by atoms with E-state index >= 15 is 0 Å². The van der Waals surface area contributed by atoms with Crippen molar-refractivity contribution in [1.29, 1.82) is 0 Å². The zero-order valence-corrected chi connectivity index (χ0v) is 14.9. The van der Waals surface area contributed by atoms with Gasteiger partial charge in [0.2, 0.25) is 10.0 Å². The highest BCUT2D eigenvalue weighted by atomic mass is 32.2. The van der Waals surface area contributed by atoms with E-state index in [1.807, 2.05) is 24.3 Å². The number of nitrogens with zero attached hydrogens (tertiary/aromatic N) is 2. The second-order valence-corrected chi connectivity index (χ2v) is 8.45. The molecule has 5 nitrogen and oxygen atoms in total. The third-order valence-electron chi connectivity index (χ3n) is 4.46. The summed E-state index contributed by atoms with van der Waals surface area (Å²) in [6.07, 6.45) is 2.09. The molecule has 0 aliphatic carbocycles. The van der Waals surface area contributed by atoms with Crippen molar-refractivity contribution in [3.63, 3.8) is 0 Å². The lowest BCUT2D eigenvalue weighted by Gasteiger charge is -2.32. The summed E-state index contributed by atoms with van der Waals surface area (Å²) in [6.45, 7) is 1.73. The molecule has 2 aromatic carbocycles. The van der Waals surface area contributed by atoms with Crippen LogP contribution in [-0.4, -0.2) is 33.4 Å². The number of nitrogen functional groups attached to an aromatic ring is 1. The maximum Gasteiger partial charge on any atom is 0.242 e. The van der Waals surface area contributed by atoms with Crippen LogP contribution >= 0.6 is 0 Å². The Labute approximate surface area is 143 Å². The Morgan fingerprint density at radius 1 is 1.12 bits per heavy atom. The minimum absolute atomic E-state index is 0.319. The molecule has 128 valence electrons. The van der Waals surface area contributed by atoms with Gasteiger partial charge < -0.3 is 10.6 Å². The average molecular weight is 345 g/mol. The predicted octanol–water partition coefficient (Wildman–Crippen LogP) is 2.47. The summed E-state index contributed by atoms with van der Waals surface area (Å²) in [5, 5.41) is 0. The van der Waals surface area contributed by atoms with Gasteiger partial charge in [-0.25, -0.2) is 12.7 Å².